The molecule has 0 heterocycles. The second-order valence-electron chi connectivity index (χ2n) is 4.43. The highest BCUT2D eigenvalue weighted by Gasteiger charge is 2.59. The first-order valence-corrected chi connectivity index (χ1v) is 7.77. The molecule has 0 unspecified atom stereocenters. The Hall–Kier alpha value is -1.01. The second kappa shape index (κ2) is 4.59. The van der Waals surface area contributed by atoms with Crippen LogP contribution in [0, 0.1) is 11.7 Å². The first kappa shape index (κ1) is 13.4. The molecule has 6 heteroatoms. The lowest BCUT2D eigenvalue weighted by Crippen LogP contribution is -2.18. The van der Waals surface area contributed by atoms with Crippen molar-refractivity contribution in [1.82, 2.24) is 0 Å². The SMILES string of the molecule is CCS(=O)(=O)[C@@H]1[C@@H](C(N)=S)[C@H]1c1cccc(F)c1. The molecule has 0 saturated heterocycles. The summed E-state index contributed by atoms with van der Waals surface area (Å²) in [6.45, 7) is 1.59. The first-order chi connectivity index (χ1) is 8.38. The van der Waals surface area contributed by atoms with E-state index in [1.165, 1.54) is 12.1 Å². The second-order valence-corrected chi connectivity index (χ2v) is 7.34. The third-order valence-electron chi connectivity index (χ3n) is 3.33. The van der Waals surface area contributed by atoms with Crippen molar-refractivity contribution in [3.8, 4) is 0 Å². The zero-order chi connectivity index (χ0) is 13.5. The highest BCUT2D eigenvalue weighted by Crippen LogP contribution is 2.52. The number of thiocarbonyl (C=S) groups is 1. The molecular weight excluding hydrogens is 273 g/mol. The standard InChI is InChI=1S/C12H14FNO2S2/c1-2-18(15,16)11-9(10(11)12(14)17)7-4-3-5-8(13)6-7/h3-6,9-11H,2H2,1H3,(H2,14,17)/t9-,10+,11+/m1/s1. The van der Waals surface area contributed by atoms with Crippen molar-refractivity contribution in [2.45, 2.75) is 18.1 Å². The van der Waals surface area contributed by atoms with Crippen LogP contribution in [0.4, 0.5) is 4.39 Å². The van der Waals surface area contributed by atoms with Crippen LogP contribution in [-0.4, -0.2) is 24.4 Å². The van der Waals surface area contributed by atoms with E-state index in [0.717, 1.165) is 0 Å². The lowest BCUT2D eigenvalue weighted by atomic mass is 10.1. The molecule has 0 amide bonds. The molecule has 1 saturated carbocycles. The van der Waals surface area contributed by atoms with Crippen LogP contribution in [0.25, 0.3) is 0 Å². The fourth-order valence-corrected chi connectivity index (χ4v) is 4.58. The Morgan fingerprint density at radius 3 is 2.67 bits per heavy atom. The quantitative estimate of drug-likeness (QED) is 0.855. The summed E-state index contributed by atoms with van der Waals surface area (Å²) < 4.78 is 37.0. The number of halogens is 1. The number of hydrogen-bond acceptors (Lipinski definition) is 3. The Bertz CT molecular complexity index is 585. The van der Waals surface area contributed by atoms with Gasteiger partial charge in [0.2, 0.25) is 0 Å². The van der Waals surface area contributed by atoms with E-state index >= 15 is 0 Å². The minimum atomic E-state index is -3.22. The van der Waals surface area contributed by atoms with Gasteiger partial charge in [-0.15, -0.1) is 0 Å². The predicted molar refractivity (Wildman–Crippen MR) is 72.7 cm³/mol. The minimum absolute atomic E-state index is 0.0442. The smallest absolute Gasteiger partial charge is 0.154 e. The van der Waals surface area contributed by atoms with Crippen LogP contribution >= 0.6 is 12.2 Å². The normalized spacial score (nSPS) is 26.9. The van der Waals surface area contributed by atoms with Gasteiger partial charge in [0, 0.05) is 17.6 Å². The minimum Gasteiger partial charge on any atom is -0.393 e. The summed E-state index contributed by atoms with van der Waals surface area (Å²) >= 11 is 4.91. The summed E-state index contributed by atoms with van der Waals surface area (Å²) in [6, 6.07) is 5.95. The molecule has 1 aliphatic carbocycles. The summed E-state index contributed by atoms with van der Waals surface area (Å²) in [6.07, 6.45) is 0. The van der Waals surface area contributed by atoms with E-state index in [1.54, 1.807) is 19.1 Å². The molecule has 1 aliphatic rings. The average molecular weight is 287 g/mol. The third kappa shape index (κ3) is 2.27. The lowest BCUT2D eigenvalue weighted by molar-refractivity contribution is 0.594. The van der Waals surface area contributed by atoms with Gasteiger partial charge in [-0.2, -0.15) is 0 Å². The van der Waals surface area contributed by atoms with E-state index in [2.05, 4.69) is 0 Å². The number of hydrogen-bond donors (Lipinski definition) is 1. The van der Waals surface area contributed by atoms with E-state index in [0.29, 0.717) is 5.56 Å². The molecule has 0 aromatic heterocycles. The van der Waals surface area contributed by atoms with Crippen molar-refractivity contribution in [1.29, 1.82) is 0 Å². The molecule has 2 rings (SSSR count). The van der Waals surface area contributed by atoms with E-state index in [-0.39, 0.29) is 28.4 Å². The molecule has 0 bridgehead atoms. The molecule has 3 nitrogen and oxygen atoms in total. The Kier molecular flexibility index (Phi) is 3.42. The van der Waals surface area contributed by atoms with Gasteiger partial charge in [0.15, 0.2) is 9.84 Å². The average Bonchev–Trinajstić information content (AvgIpc) is 3.05. The topological polar surface area (TPSA) is 60.2 Å². The molecule has 0 aliphatic heterocycles. The van der Waals surface area contributed by atoms with Crippen molar-refractivity contribution in [3.05, 3.63) is 35.6 Å². The van der Waals surface area contributed by atoms with E-state index in [4.69, 9.17) is 18.0 Å². The van der Waals surface area contributed by atoms with Gasteiger partial charge in [-0.3, -0.25) is 0 Å². The van der Waals surface area contributed by atoms with Crippen molar-refractivity contribution >= 4 is 27.0 Å². The fourth-order valence-electron chi connectivity index (χ4n) is 2.37. The Morgan fingerprint density at radius 1 is 1.50 bits per heavy atom. The zero-order valence-corrected chi connectivity index (χ0v) is 11.5. The van der Waals surface area contributed by atoms with Crippen LogP contribution in [0.2, 0.25) is 0 Å². The monoisotopic (exact) mass is 287 g/mol. The van der Waals surface area contributed by atoms with Gasteiger partial charge >= 0.3 is 0 Å². The number of sulfone groups is 1. The molecule has 1 fully saturated rings. The molecule has 2 N–H and O–H groups in total. The van der Waals surface area contributed by atoms with Gasteiger partial charge in [-0.25, -0.2) is 12.8 Å². The predicted octanol–water partition coefficient (Wildman–Crippen LogP) is 1.63. The largest absolute Gasteiger partial charge is 0.393 e. The van der Waals surface area contributed by atoms with E-state index in [9.17, 15) is 12.8 Å². The van der Waals surface area contributed by atoms with E-state index in [1.807, 2.05) is 0 Å². The summed E-state index contributed by atoms with van der Waals surface area (Å²) in [5, 5.41) is -0.596. The van der Waals surface area contributed by atoms with Crippen LogP contribution in [-0.2, 0) is 9.84 Å². The van der Waals surface area contributed by atoms with Crippen molar-refractivity contribution in [2.75, 3.05) is 5.75 Å². The van der Waals surface area contributed by atoms with Crippen LogP contribution in [0.3, 0.4) is 0 Å². The number of benzene rings is 1. The fraction of sp³-hybridized carbons (Fsp3) is 0.417. The van der Waals surface area contributed by atoms with Crippen LogP contribution in [0.15, 0.2) is 24.3 Å². The van der Waals surface area contributed by atoms with Crippen LogP contribution < -0.4 is 5.73 Å². The molecule has 1 aromatic carbocycles. The highest BCUT2D eigenvalue weighted by molar-refractivity contribution is 7.92. The summed E-state index contributed by atoms with van der Waals surface area (Å²) in [7, 11) is -3.22. The van der Waals surface area contributed by atoms with Crippen molar-refractivity contribution in [2.24, 2.45) is 11.7 Å². The van der Waals surface area contributed by atoms with Gasteiger partial charge in [-0.05, 0) is 17.7 Å². The molecule has 98 valence electrons. The first-order valence-electron chi connectivity index (χ1n) is 5.65. The van der Waals surface area contributed by atoms with Crippen molar-refractivity contribution in [3.63, 3.8) is 0 Å². The molecule has 0 spiro atoms. The molecular formula is C12H14FNO2S2. The number of nitrogens with two attached hydrogens (primary N) is 1. The maximum absolute atomic E-state index is 13.2. The molecule has 1 aromatic rings. The Balaban J connectivity index is 2.37. The third-order valence-corrected chi connectivity index (χ3v) is 5.83. The lowest BCUT2D eigenvalue weighted by Gasteiger charge is -2.00. The summed E-state index contributed by atoms with van der Waals surface area (Å²) in [4.78, 5) is 0.186. The highest BCUT2D eigenvalue weighted by atomic mass is 32.2. The molecule has 18 heavy (non-hydrogen) atoms. The molecule has 0 radical (unpaired) electrons. The summed E-state index contributed by atoms with van der Waals surface area (Å²) in [5.41, 5.74) is 6.23. The zero-order valence-electron chi connectivity index (χ0n) is 9.84. The maximum Gasteiger partial charge on any atom is 0.154 e. The molecule has 3 atom stereocenters. The van der Waals surface area contributed by atoms with Gasteiger partial charge in [0.05, 0.1) is 10.2 Å². The summed E-state index contributed by atoms with van der Waals surface area (Å²) in [5.74, 6) is -1.01. The van der Waals surface area contributed by atoms with E-state index < -0.39 is 15.1 Å². The van der Waals surface area contributed by atoms with Gasteiger partial charge in [0.1, 0.15) is 5.82 Å². The Labute approximate surface area is 111 Å². The van der Waals surface area contributed by atoms with Gasteiger partial charge in [0.25, 0.3) is 0 Å². The number of rotatable bonds is 4. The van der Waals surface area contributed by atoms with Crippen LogP contribution in [0.1, 0.15) is 18.4 Å². The van der Waals surface area contributed by atoms with Gasteiger partial charge < -0.3 is 5.73 Å². The van der Waals surface area contributed by atoms with Crippen molar-refractivity contribution < 1.29 is 12.8 Å². The van der Waals surface area contributed by atoms with Gasteiger partial charge in [-0.1, -0.05) is 31.3 Å². The van der Waals surface area contributed by atoms with Crippen LogP contribution in [0.5, 0.6) is 0 Å². The maximum atomic E-state index is 13.2. The Morgan fingerprint density at radius 2 is 2.17 bits per heavy atom.